The van der Waals surface area contributed by atoms with Gasteiger partial charge in [-0.15, -0.1) is 0 Å². The Balaban J connectivity index is 1.79. The Bertz CT molecular complexity index is 651. The number of hydrogen-bond acceptors (Lipinski definition) is 5. The van der Waals surface area contributed by atoms with E-state index < -0.39 is 5.97 Å². The zero-order chi connectivity index (χ0) is 14.1. The molecule has 0 unspecified atom stereocenters. The van der Waals surface area contributed by atoms with Crippen LogP contribution in [0, 0.1) is 6.92 Å². The molecular weight excluding hydrogens is 258 g/mol. The number of aromatic carboxylic acids is 1. The van der Waals surface area contributed by atoms with Crippen molar-refractivity contribution in [3.63, 3.8) is 0 Å². The van der Waals surface area contributed by atoms with Crippen molar-refractivity contribution in [2.24, 2.45) is 0 Å². The van der Waals surface area contributed by atoms with Crippen LogP contribution >= 0.6 is 0 Å². The number of aryl methyl sites for hydroxylation is 1. The highest BCUT2D eigenvalue weighted by atomic mass is 16.5. The third-order valence-electron chi connectivity index (χ3n) is 3.51. The number of carboxylic acids is 1. The van der Waals surface area contributed by atoms with Crippen LogP contribution in [0.3, 0.4) is 0 Å². The summed E-state index contributed by atoms with van der Waals surface area (Å²) >= 11 is 0. The molecule has 1 aromatic carbocycles. The van der Waals surface area contributed by atoms with E-state index in [4.69, 9.17) is 4.52 Å². The molecule has 3 rings (SSSR count). The minimum absolute atomic E-state index is 0.414. The summed E-state index contributed by atoms with van der Waals surface area (Å²) in [7, 11) is 0. The molecule has 0 saturated heterocycles. The first-order valence-electron chi connectivity index (χ1n) is 6.49. The molecule has 20 heavy (non-hydrogen) atoms. The van der Waals surface area contributed by atoms with Crippen LogP contribution in [0.1, 0.15) is 33.2 Å². The van der Waals surface area contributed by atoms with Gasteiger partial charge in [0.15, 0.2) is 5.82 Å². The second-order valence-corrected chi connectivity index (χ2v) is 4.94. The van der Waals surface area contributed by atoms with E-state index in [1.807, 2.05) is 6.07 Å². The normalized spacial score (nSPS) is 15.1. The van der Waals surface area contributed by atoms with Gasteiger partial charge in [0.2, 0.25) is 5.89 Å². The first kappa shape index (κ1) is 12.8. The molecule has 0 bridgehead atoms. The molecule has 1 aliphatic heterocycles. The number of benzene rings is 1. The van der Waals surface area contributed by atoms with Crippen molar-refractivity contribution in [2.45, 2.75) is 26.4 Å². The lowest BCUT2D eigenvalue weighted by Gasteiger charge is -2.28. The molecule has 6 nitrogen and oxygen atoms in total. The van der Waals surface area contributed by atoms with Crippen molar-refractivity contribution in [3.8, 4) is 0 Å². The number of nitrogens with zero attached hydrogens (tertiary/aromatic N) is 3. The van der Waals surface area contributed by atoms with Crippen LogP contribution < -0.4 is 0 Å². The van der Waals surface area contributed by atoms with Crippen molar-refractivity contribution >= 4 is 5.97 Å². The molecule has 1 aliphatic rings. The molecule has 0 fully saturated rings. The number of carboxylic acid groups (broad SMARTS) is 1. The Hall–Kier alpha value is -2.21. The molecular formula is C14H15N3O3. The molecule has 2 heterocycles. The summed E-state index contributed by atoms with van der Waals surface area (Å²) in [6.45, 7) is 3.89. The minimum Gasteiger partial charge on any atom is -0.478 e. The molecule has 104 valence electrons. The summed E-state index contributed by atoms with van der Waals surface area (Å²) in [6, 6.07) is 5.44. The first-order chi connectivity index (χ1) is 9.63. The number of aromatic nitrogens is 2. The molecule has 0 atom stereocenters. The summed E-state index contributed by atoms with van der Waals surface area (Å²) in [5.74, 6) is 0.370. The van der Waals surface area contributed by atoms with E-state index in [1.54, 1.807) is 19.1 Å². The maximum absolute atomic E-state index is 11.2. The van der Waals surface area contributed by atoms with Crippen molar-refractivity contribution < 1.29 is 14.4 Å². The molecule has 0 amide bonds. The first-order valence-corrected chi connectivity index (χ1v) is 6.49. The third-order valence-corrected chi connectivity index (χ3v) is 3.51. The van der Waals surface area contributed by atoms with Gasteiger partial charge < -0.3 is 9.63 Å². The number of fused-ring (bicyclic) bond motifs is 1. The molecule has 1 aromatic heterocycles. The van der Waals surface area contributed by atoms with Gasteiger partial charge in [-0.25, -0.2) is 4.79 Å². The van der Waals surface area contributed by atoms with Gasteiger partial charge in [-0.1, -0.05) is 17.3 Å². The van der Waals surface area contributed by atoms with Gasteiger partial charge in [0, 0.05) is 20.0 Å². The highest BCUT2D eigenvalue weighted by Crippen LogP contribution is 2.23. The predicted octanol–water partition coefficient (Wildman–Crippen LogP) is 1.63. The Morgan fingerprint density at radius 3 is 3.05 bits per heavy atom. The minimum atomic E-state index is -0.857. The SMILES string of the molecule is Cc1nc(CN2CCc3c(cccc3C(=O)O)C2)no1. The molecule has 6 heteroatoms. The monoisotopic (exact) mass is 273 g/mol. The molecule has 1 N–H and O–H groups in total. The van der Waals surface area contributed by atoms with Gasteiger partial charge in [-0.2, -0.15) is 4.98 Å². The van der Waals surface area contributed by atoms with E-state index in [0.717, 1.165) is 24.1 Å². The Morgan fingerprint density at radius 1 is 1.50 bits per heavy atom. The van der Waals surface area contributed by atoms with Crippen molar-refractivity contribution in [1.82, 2.24) is 15.0 Å². The Morgan fingerprint density at radius 2 is 2.35 bits per heavy atom. The standard InChI is InChI=1S/C14H15N3O3/c1-9-15-13(16-20-9)8-17-6-5-11-10(7-17)3-2-4-12(11)14(18)19/h2-4H,5-8H2,1H3,(H,18,19). The zero-order valence-electron chi connectivity index (χ0n) is 11.2. The quantitative estimate of drug-likeness (QED) is 0.915. The van der Waals surface area contributed by atoms with Crippen LogP contribution in [0.2, 0.25) is 0 Å². The van der Waals surface area contributed by atoms with Crippen LogP contribution in [0.15, 0.2) is 22.7 Å². The average molecular weight is 273 g/mol. The molecule has 0 saturated carbocycles. The number of carbonyl (C=O) groups is 1. The van der Waals surface area contributed by atoms with Gasteiger partial charge in [0.1, 0.15) is 0 Å². The summed E-state index contributed by atoms with van der Waals surface area (Å²) in [5, 5.41) is 13.1. The van der Waals surface area contributed by atoms with E-state index in [0.29, 0.717) is 30.4 Å². The largest absolute Gasteiger partial charge is 0.478 e. The highest BCUT2D eigenvalue weighted by molar-refractivity contribution is 5.89. The lowest BCUT2D eigenvalue weighted by atomic mass is 9.94. The summed E-state index contributed by atoms with van der Waals surface area (Å²) in [4.78, 5) is 17.6. The Labute approximate surface area is 116 Å². The average Bonchev–Trinajstić information content (AvgIpc) is 2.83. The fourth-order valence-electron chi connectivity index (χ4n) is 2.61. The zero-order valence-corrected chi connectivity index (χ0v) is 11.2. The van der Waals surface area contributed by atoms with Crippen LogP contribution in [-0.4, -0.2) is 32.7 Å². The summed E-state index contributed by atoms with van der Waals surface area (Å²) in [6.07, 6.45) is 0.731. The van der Waals surface area contributed by atoms with Gasteiger partial charge in [-0.05, 0) is 23.6 Å². The molecule has 0 aliphatic carbocycles. The highest BCUT2D eigenvalue weighted by Gasteiger charge is 2.22. The van der Waals surface area contributed by atoms with Crippen molar-refractivity contribution in [1.29, 1.82) is 0 Å². The molecule has 0 radical (unpaired) electrons. The summed E-state index contributed by atoms with van der Waals surface area (Å²) < 4.78 is 4.96. The summed E-state index contributed by atoms with van der Waals surface area (Å²) in [5.41, 5.74) is 2.43. The fourth-order valence-corrected chi connectivity index (χ4v) is 2.61. The van der Waals surface area contributed by atoms with Gasteiger partial charge in [0.05, 0.1) is 12.1 Å². The van der Waals surface area contributed by atoms with Crippen molar-refractivity contribution in [2.75, 3.05) is 6.54 Å². The Kier molecular flexibility index (Phi) is 3.23. The molecule has 2 aromatic rings. The predicted molar refractivity (Wildman–Crippen MR) is 70.3 cm³/mol. The van der Waals surface area contributed by atoms with Crippen LogP contribution in [0.4, 0.5) is 0 Å². The second kappa shape index (κ2) is 5.05. The number of rotatable bonds is 3. The second-order valence-electron chi connectivity index (χ2n) is 4.94. The van der Waals surface area contributed by atoms with Crippen LogP contribution in [0.25, 0.3) is 0 Å². The van der Waals surface area contributed by atoms with Crippen molar-refractivity contribution in [3.05, 3.63) is 46.6 Å². The topological polar surface area (TPSA) is 79.5 Å². The van der Waals surface area contributed by atoms with Gasteiger partial charge >= 0.3 is 5.97 Å². The van der Waals surface area contributed by atoms with E-state index in [1.165, 1.54) is 0 Å². The van der Waals surface area contributed by atoms with E-state index in [-0.39, 0.29) is 0 Å². The smallest absolute Gasteiger partial charge is 0.335 e. The van der Waals surface area contributed by atoms with E-state index in [9.17, 15) is 9.90 Å². The molecule has 0 spiro atoms. The van der Waals surface area contributed by atoms with Crippen LogP contribution in [-0.2, 0) is 19.5 Å². The maximum Gasteiger partial charge on any atom is 0.335 e. The maximum atomic E-state index is 11.2. The number of hydrogen-bond donors (Lipinski definition) is 1. The van der Waals surface area contributed by atoms with Gasteiger partial charge in [-0.3, -0.25) is 4.90 Å². The van der Waals surface area contributed by atoms with E-state index in [2.05, 4.69) is 15.0 Å². The van der Waals surface area contributed by atoms with Crippen LogP contribution in [0.5, 0.6) is 0 Å². The third kappa shape index (κ3) is 2.42. The lowest BCUT2D eigenvalue weighted by molar-refractivity contribution is 0.0694. The lowest BCUT2D eigenvalue weighted by Crippen LogP contribution is -2.31. The fraction of sp³-hybridized carbons (Fsp3) is 0.357. The van der Waals surface area contributed by atoms with Gasteiger partial charge in [0.25, 0.3) is 0 Å². The van der Waals surface area contributed by atoms with E-state index >= 15 is 0 Å².